The largest absolute Gasteiger partial charge is 0.497 e. The van der Waals surface area contributed by atoms with Gasteiger partial charge in [0.15, 0.2) is 0 Å². The van der Waals surface area contributed by atoms with Crippen LogP contribution < -0.4 is 15.2 Å². The molecule has 2 aromatic rings. The first-order valence-electron chi connectivity index (χ1n) is 10.1. The van der Waals surface area contributed by atoms with E-state index < -0.39 is 11.9 Å². The van der Waals surface area contributed by atoms with Crippen LogP contribution in [0.25, 0.3) is 0 Å². The molecule has 29 heavy (non-hydrogen) atoms. The Morgan fingerprint density at radius 1 is 1.24 bits per heavy atom. The van der Waals surface area contributed by atoms with Gasteiger partial charge in [0, 0.05) is 11.4 Å². The minimum atomic E-state index is -0.400. The maximum Gasteiger partial charge on any atom is 0.338 e. The molecule has 0 bridgehead atoms. The molecule has 2 aliphatic rings. The van der Waals surface area contributed by atoms with Gasteiger partial charge in [-0.25, -0.2) is 9.78 Å². The summed E-state index contributed by atoms with van der Waals surface area (Å²) in [6.45, 7) is 3.86. The Morgan fingerprint density at radius 2 is 1.97 bits per heavy atom. The lowest BCUT2D eigenvalue weighted by atomic mass is 9.80. The zero-order valence-electron chi connectivity index (χ0n) is 17.1. The van der Waals surface area contributed by atoms with Crippen molar-refractivity contribution < 1.29 is 19.0 Å². The maximum atomic E-state index is 12.9. The normalized spacial score (nSPS) is 17.8. The number of carbonyl (C=O) groups is 1. The van der Waals surface area contributed by atoms with E-state index in [-0.39, 0.29) is 6.61 Å². The molecular formula is C23H26N2O4. The van der Waals surface area contributed by atoms with E-state index in [2.05, 4.69) is 0 Å². The Bertz CT molecular complexity index is 979. The van der Waals surface area contributed by atoms with Crippen molar-refractivity contribution >= 4 is 11.7 Å². The van der Waals surface area contributed by atoms with Crippen molar-refractivity contribution in [1.29, 1.82) is 0 Å². The molecule has 1 unspecified atom stereocenters. The minimum Gasteiger partial charge on any atom is -0.497 e. The van der Waals surface area contributed by atoms with Gasteiger partial charge in [-0.2, -0.15) is 0 Å². The highest BCUT2D eigenvalue weighted by molar-refractivity contribution is 5.93. The summed E-state index contributed by atoms with van der Waals surface area (Å²) in [7, 11) is 1.63. The first-order chi connectivity index (χ1) is 14.0. The number of nitrogen functional groups attached to an aromatic ring is 1. The molecule has 1 aliphatic heterocycles. The zero-order valence-corrected chi connectivity index (χ0v) is 17.1. The molecule has 6 heteroatoms. The number of benzene rings is 1. The molecular weight excluding hydrogens is 368 g/mol. The fraction of sp³-hybridized carbons (Fsp3) is 0.391. The molecule has 2 heterocycles. The molecule has 4 rings (SSSR count). The maximum absolute atomic E-state index is 12.9. The van der Waals surface area contributed by atoms with E-state index in [1.165, 1.54) is 0 Å². The number of ether oxygens (including phenoxy) is 3. The molecule has 1 atom stereocenters. The highest BCUT2D eigenvalue weighted by Gasteiger charge is 2.38. The fourth-order valence-corrected chi connectivity index (χ4v) is 4.27. The number of aromatic nitrogens is 1. The van der Waals surface area contributed by atoms with Crippen LogP contribution in [0.3, 0.4) is 0 Å². The smallest absolute Gasteiger partial charge is 0.338 e. The van der Waals surface area contributed by atoms with Gasteiger partial charge in [0.25, 0.3) is 0 Å². The number of fused-ring (bicyclic) bond motifs is 2. The van der Waals surface area contributed by atoms with Crippen LogP contribution in [0.2, 0.25) is 0 Å². The molecule has 0 saturated heterocycles. The van der Waals surface area contributed by atoms with Gasteiger partial charge in [0.1, 0.15) is 11.5 Å². The van der Waals surface area contributed by atoms with Crippen molar-refractivity contribution in [3.8, 4) is 11.6 Å². The Labute approximate surface area is 170 Å². The average molecular weight is 394 g/mol. The van der Waals surface area contributed by atoms with E-state index in [1.54, 1.807) is 21.0 Å². The number of allylic oxidation sites excluding steroid dienone is 1. The van der Waals surface area contributed by atoms with Crippen LogP contribution in [0.5, 0.6) is 11.6 Å². The van der Waals surface area contributed by atoms with Crippen molar-refractivity contribution in [2.75, 3.05) is 19.5 Å². The summed E-state index contributed by atoms with van der Waals surface area (Å²) in [5.41, 5.74) is 11.6. The van der Waals surface area contributed by atoms with Crippen LogP contribution in [0.4, 0.5) is 5.69 Å². The van der Waals surface area contributed by atoms with Crippen molar-refractivity contribution in [2.45, 2.75) is 45.4 Å². The van der Waals surface area contributed by atoms with Gasteiger partial charge < -0.3 is 19.9 Å². The standard InChI is InChI=1S/C23H26N2O4/c1-4-28-23(26)18-13(2)29-22-20(19(18)14-9-11-15(27-3)12-10-14)21(24)16-7-5-6-8-17(16)25-22/h9-12,19H,4-8H2,1-3H3,(H2,24,25). The Balaban J connectivity index is 1.93. The molecule has 0 saturated carbocycles. The molecule has 0 spiro atoms. The lowest BCUT2D eigenvalue weighted by molar-refractivity contribution is -0.139. The van der Waals surface area contributed by atoms with Gasteiger partial charge in [-0.3, -0.25) is 0 Å². The summed E-state index contributed by atoms with van der Waals surface area (Å²) in [6, 6.07) is 7.66. The Hall–Kier alpha value is -3.02. The first-order valence-corrected chi connectivity index (χ1v) is 10.1. The number of carbonyl (C=O) groups excluding carboxylic acids is 1. The Kier molecular flexibility index (Phi) is 5.18. The number of anilines is 1. The number of methoxy groups -OCH3 is 1. The monoisotopic (exact) mass is 394 g/mol. The summed E-state index contributed by atoms with van der Waals surface area (Å²) in [6.07, 6.45) is 3.99. The second-order valence-electron chi connectivity index (χ2n) is 7.38. The van der Waals surface area contributed by atoms with Crippen LogP contribution in [-0.4, -0.2) is 24.7 Å². The summed E-state index contributed by atoms with van der Waals surface area (Å²) in [4.78, 5) is 17.7. The number of esters is 1. The topological polar surface area (TPSA) is 83.7 Å². The number of hydrogen-bond acceptors (Lipinski definition) is 6. The van der Waals surface area contributed by atoms with Crippen LogP contribution >= 0.6 is 0 Å². The van der Waals surface area contributed by atoms with Gasteiger partial charge in [0.2, 0.25) is 5.88 Å². The summed E-state index contributed by atoms with van der Waals surface area (Å²) in [5.74, 6) is 0.946. The van der Waals surface area contributed by atoms with Crippen LogP contribution in [0.15, 0.2) is 35.6 Å². The number of nitrogens with two attached hydrogens (primary N) is 1. The number of pyridine rings is 1. The predicted octanol–water partition coefficient (Wildman–Crippen LogP) is 3.91. The minimum absolute atomic E-state index is 0.287. The van der Waals surface area contributed by atoms with Crippen LogP contribution in [0, 0.1) is 0 Å². The molecule has 6 nitrogen and oxygen atoms in total. The van der Waals surface area contributed by atoms with E-state index >= 15 is 0 Å². The summed E-state index contributed by atoms with van der Waals surface area (Å²) >= 11 is 0. The van der Waals surface area contributed by atoms with Gasteiger partial charge in [-0.05, 0) is 62.8 Å². The first kappa shape index (κ1) is 19.3. The van der Waals surface area contributed by atoms with Crippen molar-refractivity contribution in [2.24, 2.45) is 0 Å². The summed E-state index contributed by atoms with van der Waals surface area (Å²) in [5, 5.41) is 0. The van der Waals surface area contributed by atoms with Gasteiger partial charge in [-0.15, -0.1) is 0 Å². The number of hydrogen-bond donors (Lipinski definition) is 1. The van der Waals surface area contributed by atoms with Crippen molar-refractivity contribution in [3.63, 3.8) is 0 Å². The molecule has 152 valence electrons. The fourth-order valence-electron chi connectivity index (χ4n) is 4.27. The van der Waals surface area contributed by atoms with Gasteiger partial charge >= 0.3 is 5.97 Å². The SMILES string of the molecule is CCOC(=O)C1=C(C)Oc2nc3c(c(N)c2C1c1ccc(OC)cc1)CCCC3. The van der Waals surface area contributed by atoms with Crippen LogP contribution in [-0.2, 0) is 22.4 Å². The average Bonchev–Trinajstić information content (AvgIpc) is 2.73. The van der Waals surface area contributed by atoms with Crippen molar-refractivity contribution in [1.82, 2.24) is 4.98 Å². The molecule has 2 N–H and O–H groups in total. The van der Waals surface area contributed by atoms with Crippen LogP contribution in [0.1, 0.15) is 55.0 Å². The second-order valence-corrected chi connectivity index (χ2v) is 7.38. The Morgan fingerprint density at radius 3 is 2.66 bits per heavy atom. The number of nitrogens with zero attached hydrogens (tertiary/aromatic N) is 1. The summed E-state index contributed by atoms with van der Waals surface area (Å²) < 4.78 is 16.7. The zero-order chi connectivity index (χ0) is 20.5. The van der Waals surface area contributed by atoms with E-state index in [0.717, 1.165) is 53.8 Å². The lowest BCUT2D eigenvalue weighted by Crippen LogP contribution is -2.26. The third-order valence-corrected chi connectivity index (χ3v) is 5.67. The highest BCUT2D eigenvalue weighted by Crippen LogP contribution is 2.48. The lowest BCUT2D eigenvalue weighted by Gasteiger charge is -2.31. The molecule has 1 aliphatic carbocycles. The molecule has 0 amide bonds. The van der Waals surface area contributed by atoms with E-state index in [4.69, 9.17) is 24.9 Å². The second kappa shape index (κ2) is 7.78. The van der Waals surface area contributed by atoms with E-state index in [1.807, 2.05) is 24.3 Å². The molecule has 0 radical (unpaired) electrons. The predicted molar refractivity (Wildman–Crippen MR) is 110 cm³/mol. The third kappa shape index (κ3) is 3.33. The highest BCUT2D eigenvalue weighted by atomic mass is 16.5. The van der Waals surface area contributed by atoms with Crippen molar-refractivity contribution in [3.05, 3.63) is 58.0 Å². The molecule has 1 aromatic carbocycles. The molecule has 0 fully saturated rings. The van der Waals surface area contributed by atoms with E-state index in [9.17, 15) is 4.79 Å². The van der Waals surface area contributed by atoms with Gasteiger partial charge in [-0.1, -0.05) is 12.1 Å². The van der Waals surface area contributed by atoms with E-state index in [0.29, 0.717) is 22.9 Å². The van der Waals surface area contributed by atoms with Gasteiger partial charge in [0.05, 0.1) is 30.8 Å². The number of rotatable bonds is 4. The quantitative estimate of drug-likeness (QED) is 0.792. The third-order valence-electron chi connectivity index (χ3n) is 5.67. The number of aryl methyl sites for hydroxylation is 1. The molecule has 1 aromatic heterocycles.